The fourth-order valence-electron chi connectivity index (χ4n) is 3.23. The van der Waals surface area contributed by atoms with Crippen LogP contribution in [0.2, 0.25) is 0 Å². The van der Waals surface area contributed by atoms with E-state index in [4.69, 9.17) is 0 Å². The van der Waals surface area contributed by atoms with Crippen LogP contribution in [0.1, 0.15) is 33.0 Å². The van der Waals surface area contributed by atoms with Gasteiger partial charge in [0.15, 0.2) is 0 Å². The van der Waals surface area contributed by atoms with Gasteiger partial charge in [0.25, 0.3) is 11.8 Å². The number of aromatic amines is 1. The van der Waals surface area contributed by atoms with Crippen LogP contribution in [-0.4, -0.2) is 51.1 Å². The van der Waals surface area contributed by atoms with Crippen molar-refractivity contribution in [2.24, 2.45) is 0 Å². The van der Waals surface area contributed by atoms with E-state index in [0.29, 0.717) is 23.5 Å². The molecule has 2 aromatic carbocycles. The number of aromatic nitrogens is 2. The second-order valence-corrected chi connectivity index (χ2v) is 6.51. The number of nitrogens with zero attached hydrogens (tertiary/aromatic N) is 3. The summed E-state index contributed by atoms with van der Waals surface area (Å²) in [5, 5.41) is 0. The summed E-state index contributed by atoms with van der Waals surface area (Å²) in [5.41, 5.74) is 2.55. The monoisotopic (exact) mass is 362 g/mol. The van der Waals surface area contributed by atoms with Crippen LogP contribution < -0.4 is 0 Å². The van der Waals surface area contributed by atoms with Crippen LogP contribution >= 0.6 is 0 Å². The molecule has 0 atom stereocenters. The summed E-state index contributed by atoms with van der Waals surface area (Å²) in [5.74, 6) is -0.161. The third-order valence-electron chi connectivity index (χ3n) is 4.68. The molecule has 0 saturated carbocycles. The molecule has 1 aromatic heterocycles. The van der Waals surface area contributed by atoms with E-state index in [2.05, 4.69) is 9.97 Å². The molecule has 0 aliphatic carbocycles. The number of H-pyrrole nitrogens is 1. The number of imide groups is 1. The highest BCUT2D eigenvalue weighted by Crippen LogP contribution is 2.22. The van der Waals surface area contributed by atoms with Crippen LogP contribution in [0.5, 0.6) is 0 Å². The number of hydrogen-bond donors (Lipinski definition) is 1. The number of fused-ring (bicyclic) bond motifs is 2. The predicted molar refractivity (Wildman–Crippen MR) is 99.0 cm³/mol. The number of carbonyl (C=O) groups is 3. The maximum Gasteiger partial charge on any atom is 0.261 e. The van der Waals surface area contributed by atoms with Crippen LogP contribution in [0.4, 0.5) is 0 Å². The molecule has 0 unspecified atom stereocenters. The number of imidazole rings is 1. The molecule has 3 aromatic rings. The first-order valence-corrected chi connectivity index (χ1v) is 8.67. The third-order valence-corrected chi connectivity index (χ3v) is 4.68. The average molecular weight is 362 g/mol. The first kappa shape index (κ1) is 17.0. The fraction of sp³-hybridized carbons (Fsp3) is 0.200. The molecule has 3 amide bonds. The van der Waals surface area contributed by atoms with Gasteiger partial charge in [-0.25, -0.2) is 4.98 Å². The van der Waals surface area contributed by atoms with E-state index >= 15 is 0 Å². The Morgan fingerprint density at radius 2 is 1.67 bits per heavy atom. The van der Waals surface area contributed by atoms with Crippen molar-refractivity contribution >= 4 is 28.8 Å². The van der Waals surface area contributed by atoms with Gasteiger partial charge in [-0.3, -0.25) is 19.3 Å². The quantitative estimate of drug-likeness (QED) is 0.705. The van der Waals surface area contributed by atoms with Crippen LogP contribution in [0.25, 0.3) is 11.0 Å². The number of hydrogen-bond acceptors (Lipinski definition) is 4. The molecule has 4 rings (SSSR count). The first-order chi connectivity index (χ1) is 13.0. The first-order valence-electron chi connectivity index (χ1n) is 8.67. The van der Waals surface area contributed by atoms with E-state index in [1.54, 1.807) is 31.3 Å². The molecule has 7 nitrogen and oxygen atoms in total. The Morgan fingerprint density at radius 3 is 2.33 bits per heavy atom. The molecule has 27 heavy (non-hydrogen) atoms. The summed E-state index contributed by atoms with van der Waals surface area (Å²) in [6, 6.07) is 14.4. The van der Waals surface area contributed by atoms with Crippen LogP contribution in [0, 0.1) is 0 Å². The van der Waals surface area contributed by atoms with Crippen molar-refractivity contribution in [1.82, 2.24) is 19.8 Å². The maximum atomic E-state index is 12.4. The number of para-hydroxylation sites is 2. The highest BCUT2D eigenvalue weighted by molar-refractivity contribution is 6.21. The number of benzene rings is 2. The standard InChI is InChI=1S/C20H18N4O3/c1-23(12-17-21-15-8-4-5-9-16(15)22-17)18(25)10-11-24-19(26)13-6-2-3-7-14(13)20(24)27/h2-9H,10-12H2,1H3,(H,21,22). The highest BCUT2D eigenvalue weighted by Gasteiger charge is 2.35. The predicted octanol–water partition coefficient (Wildman–Crippen LogP) is 2.21. The average Bonchev–Trinajstić information content (AvgIpc) is 3.19. The molecule has 1 aliphatic rings. The SMILES string of the molecule is CN(Cc1nc2ccccc2[nH]1)C(=O)CCN1C(=O)c2ccccc2C1=O. The minimum Gasteiger partial charge on any atom is -0.340 e. The molecule has 1 N–H and O–H groups in total. The van der Waals surface area contributed by atoms with Crippen molar-refractivity contribution in [2.75, 3.05) is 13.6 Å². The van der Waals surface area contributed by atoms with Gasteiger partial charge in [0.1, 0.15) is 5.82 Å². The lowest BCUT2D eigenvalue weighted by molar-refractivity contribution is -0.130. The Kier molecular flexibility index (Phi) is 4.19. The Hall–Kier alpha value is -3.48. The summed E-state index contributed by atoms with van der Waals surface area (Å²) in [7, 11) is 1.68. The van der Waals surface area contributed by atoms with Crippen molar-refractivity contribution in [3.63, 3.8) is 0 Å². The fourth-order valence-corrected chi connectivity index (χ4v) is 3.23. The van der Waals surface area contributed by atoms with E-state index in [1.165, 1.54) is 4.90 Å². The van der Waals surface area contributed by atoms with Gasteiger partial charge >= 0.3 is 0 Å². The zero-order valence-corrected chi connectivity index (χ0v) is 14.8. The number of nitrogens with one attached hydrogen (secondary N) is 1. The minimum atomic E-state index is -0.344. The molecule has 1 aliphatic heterocycles. The molecule has 0 saturated heterocycles. The molecular formula is C20H18N4O3. The van der Waals surface area contributed by atoms with Gasteiger partial charge < -0.3 is 9.88 Å². The lowest BCUT2D eigenvalue weighted by Gasteiger charge is -2.18. The lowest BCUT2D eigenvalue weighted by atomic mass is 10.1. The van der Waals surface area contributed by atoms with E-state index in [-0.39, 0.29) is 30.7 Å². The van der Waals surface area contributed by atoms with Crippen molar-refractivity contribution in [3.05, 3.63) is 65.5 Å². The topological polar surface area (TPSA) is 86.4 Å². The van der Waals surface area contributed by atoms with Crippen LogP contribution in [-0.2, 0) is 11.3 Å². The molecule has 136 valence electrons. The number of rotatable bonds is 5. The molecule has 0 spiro atoms. The van der Waals surface area contributed by atoms with Crippen molar-refractivity contribution in [1.29, 1.82) is 0 Å². The third kappa shape index (κ3) is 3.08. The Bertz CT molecular complexity index is 988. The van der Waals surface area contributed by atoms with E-state index in [9.17, 15) is 14.4 Å². The summed E-state index contributed by atoms with van der Waals surface area (Å²) in [6.07, 6.45) is 0.0716. The van der Waals surface area contributed by atoms with Gasteiger partial charge in [-0.05, 0) is 24.3 Å². The normalized spacial score (nSPS) is 13.3. The lowest BCUT2D eigenvalue weighted by Crippen LogP contribution is -2.35. The molecular weight excluding hydrogens is 344 g/mol. The second-order valence-electron chi connectivity index (χ2n) is 6.51. The van der Waals surface area contributed by atoms with Crippen LogP contribution in [0.15, 0.2) is 48.5 Å². The second kappa shape index (κ2) is 6.68. The summed E-state index contributed by atoms with van der Waals surface area (Å²) in [4.78, 5) is 47.4. The maximum absolute atomic E-state index is 12.4. The molecule has 0 radical (unpaired) electrons. The van der Waals surface area contributed by atoms with Gasteiger partial charge in [-0.1, -0.05) is 24.3 Å². The number of carbonyl (C=O) groups excluding carboxylic acids is 3. The van der Waals surface area contributed by atoms with Crippen LogP contribution in [0.3, 0.4) is 0 Å². The van der Waals surface area contributed by atoms with Gasteiger partial charge in [-0.15, -0.1) is 0 Å². The van der Waals surface area contributed by atoms with Gasteiger partial charge in [0.05, 0.1) is 28.7 Å². The van der Waals surface area contributed by atoms with Crippen molar-refractivity contribution in [2.45, 2.75) is 13.0 Å². The summed E-state index contributed by atoms with van der Waals surface area (Å²) < 4.78 is 0. The largest absolute Gasteiger partial charge is 0.340 e. The Labute approximate surface area is 155 Å². The van der Waals surface area contributed by atoms with E-state index in [1.807, 2.05) is 24.3 Å². The van der Waals surface area contributed by atoms with Gasteiger partial charge in [-0.2, -0.15) is 0 Å². The Balaban J connectivity index is 1.38. The minimum absolute atomic E-state index is 0.0651. The zero-order chi connectivity index (χ0) is 19.0. The molecule has 0 bridgehead atoms. The Morgan fingerprint density at radius 1 is 1.04 bits per heavy atom. The highest BCUT2D eigenvalue weighted by atomic mass is 16.2. The number of amides is 3. The summed E-state index contributed by atoms with van der Waals surface area (Å²) >= 11 is 0. The molecule has 0 fully saturated rings. The molecule has 2 heterocycles. The smallest absolute Gasteiger partial charge is 0.261 e. The summed E-state index contributed by atoms with van der Waals surface area (Å²) in [6.45, 7) is 0.394. The van der Waals surface area contributed by atoms with Crippen molar-refractivity contribution < 1.29 is 14.4 Å². The van der Waals surface area contributed by atoms with Gasteiger partial charge in [0.2, 0.25) is 5.91 Å². The van der Waals surface area contributed by atoms with Gasteiger partial charge in [0, 0.05) is 20.0 Å². The van der Waals surface area contributed by atoms with E-state index in [0.717, 1.165) is 15.9 Å². The van der Waals surface area contributed by atoms with E-state index < -0.39 is 0 Å². The van der Waals surface area contributed by atoms with Crippen molar-refractivity contribution in [3.8, 4) is 0 Å². The zero-order valence-electron chi connectivity index (χ0n) is 14.8. The molecule has 7 heteroatoms.